The van der Waals surface area contributed by atoms with Crippen molar-refractivity contribution in [2.75, 3.05) is 6.61 Å². The van der Waals surface area contributed by atoms with Gasteiger partial charge in [0, 0.05) is 5.56 Å². The molecule has 1 aromatic rings. The van der Waals surface area contributed by atoms with Crippen molar-refractivity contribution in [2.24, 2.45) is 5.92 Å². The highest BCUT2D eigenvalue weighted by Gasteiger charge is 2.45. The van der Waals surface area contributed by atoms with E-state index in [-0.39, 0.29) is 5.56 Å². The summed E-state index contributed by atoms with van der Waals surface area (Å²) >= 11 is 0. The summed E-state index contributed by atoms with van der Waals surface area (Å²) in [6.07, 6.45) is -4.89. The minimum absolute atomic E-state index is 0.0730. The second-order valence-corrected chi connectivity index (χ2v) is 3.54. The number of carbonyl (C=O) groups is 1. The van der Waals surface area contributed by atoms with Gasteiger partial charge in [-0.25, -0.2) is 4.39 Å². The molecule has 3 nitrogen and oxygen atoms in total. The molecule has 0 heterocycles. The molecule has 0 radical (unpaired) electrons. The molecule has 0 spiro atoms. The van der Waals surface area contributed by atoms with Crippen LogP contribution in [-0.2, 0) is 16.1 Å². The average molecular weight is 266 g/mol. The summed E-state index contributed by atoms with van der Waals surface area (Å²) in [4.78, 5) is 10.4. The molecule has 0 bridgehead atoms. The first-order chi connectivity index (χ1) is 8.32. The normalized spacial score (nSPS) is 13.3. The van der Waals surface area contributed by atoms with Crippen molar-refractivity contribution in [3.05, 3.63) is 35.6 Å². The second-order valence-electron chi connectivity index (χ2n) is 3.54. The minimum Gasteiger partial charge on any atom is -0.481 e. The number of alkyl halides is 3. The molecule has 0 aliphatic carbocycles. The van der Waals surface area contributed by atoms with E-state index in [4.69, 9.17) is 5.11 Å². The molecule has 0 aliphatic heterocycles. The van der Waals surface area contributed by atoms with E-state index >= 15 is 0 Å². The van der Waals surface area contributed by atoms with Gasteiger partial charge in [-0.2, -0.15) is 13.2 Å². The zero-order chi connectivity index (χ0) is 13.8. The van der Waals surface area contributed by atoms with E-state index in [1.165, 1.54) is 18.2 Å². The average Bonchev–Trinajstić information content (AvgIpc) is 2.24. The number of ether oxygens (including phenoxy) is 1. The summed E-state index contributed by atoms with van der Waals surface area (Å²) in [5, 5.41) is 8.39. The van der Waals surface area contributed by atoms with Crippen molar-refractivity contribution in [1.29, 1.82) is 0 Å². The van der Waals surface area contributed by atoms with Gasteiger partial charge in [0.2, 0.25) is 0 Å². The van der Waals surface area contributed by atoms with Crippen LogP contribution in [0.4, 0.5) is 17.6 Å². The number of hydrogen-bond donors (Lipinski definition) is 1. The van der Waals surface area contributed by atoms with Gasteiger partial charge < -0.3 is 9.84 Å². The molecule has 7 heteroatoms. The summed E-state index contributed by atoms with van der Waals surface area (Å²) in [6.45, 7) is -1.46. The fourth-order valence-corrected chi connectivity index (χ4v) is 1.21. The van der Waals surface area contributed by atoms with Crippen molar-refractivity contribution < 1.29 is 32.2 Å². The third-order valence-electron chi connectivity index (χ3n) is 2.19. The predicted molar refractivity (Wildman–Crippen MR) is 53.2 cm³/mol. The number of rotatable bonds is 5. The molecule has 1 atom stereocenters. The molecule has 1 unspecified atom stereocenters. The molecule has 0 amide bonds. The number of benzene rings is 1. The number of carboxylic acids is 1. The molecule has 0 saturated heterocycles. The first kappa shape index (κ1) is 14.4. The van der Waals surface area contributed by atoms with Gasteiger partial charge in [0.1, 0.15) is 5.82 Å². The lowest BCUT2D eigenvalue weighted by atomic mass is 10.1. The van der Waals surface area contributed by atoms with Gasteiger partial charge in [-0.3, -0.25) is 4.79 Å². The number of carboxylic acid groups (broad SMARTS) is 1. The van der Waals surface area contributed by atoms with Crippen LogP contribution in [-0.4, -0.2) is 23.9 Å². The standard InChI is InChI=1S/C11H10F4O3/c12-9-4-2-1-3-7(9)5-18-6-8(10(16)17)11(13,14)15/h1-4,8H,5-6H2,(H,16,17). The number of halogens is 4. The van der Waals surface area contributed by atoms with Crippen LogP contribution in [0, 0.1) is 11.7 Å². The van der Waals surface area contributed by atoms with Crippen LogP contribution in [0.1, 0.15) is 5.56 Å². The van der Waals surface area contributed by atoms with Gasteiger partial charge in [0.05, 0.1) is 13.2 Å². The van der Waals surface area contributed by atoms with Gasteiger partial charge >= 0.3 is 12.1 Å². The lowest BCUT2D eigenvalue weighted by molar-refractivity contribution is -0.203. The Balaban J connectivity index is 2.55. The van der Waals surface area contributed by atoms with Crippen LogP contribution in [0.25, 0.3) is 0 Å². The summed E-state index contributed by atoms with van der Waals surface area (Å²) in [7, 11) is 0. The van der Waals surface area contributed by atoms with Gasteiger partial charge in [0.15, 0.2) is 5.92 Å². The molecular weight excluding hydrogens is 256 g/mol. The summed E-state index contributed by atoms with van der Waals surface area (Å²) in [6, 6.07) is 5.41. The van der Waals surface area contributed by atoms with Crippen LogP contribution in [0.2, 0.25) is 0 Å². The van der Waals surface area contributed by atoms with E-state index in [2.05, 4.69) is 4.74 Å². The quantitative estimate of drug-likeness (QED) is 0.833. The molecule has 0 fully saturated rings. The summed E-state index contributed by atoms with van der Waals surface area (Å²) in [5.74, 6) is -5.24. The van der Waals surface area contributed by atoms with E-state index in [1.54, 1.807) is 0 Å². The fourth-order valence-electron chi connectivity index (χ4n) is 1.21. The Labute approximate surface area is 100.0 Å². The molecule has 1 N–H and O–H groups in total. The third kappa shape index (κ3) is 3.99. The highest BCUT2D eigenvalue weighted by molar-refractivity contribution is 5.71. The summed E-state index contributed by atoms with van der Waals surface area (Å²) < 4.78 is 54.4. The highest BCUT2D eigenvalue weighted by Crippen LogP contribution is 2.27. The van der Waals surface area contributed by atoms with E-state index in [0.717, 1.165) is 6.07 Å². The van der Waals surface area contributed by atoms with Crippen molar-refractivity contribution in [3.8, 4) is 0 Å². The third-order valence-corrected chi connectivity index (χ3v) is 2.19. The van der Waals surface area contributed by atoms with Crippen molar-refractivity contribution in [3.63, 3.8) is 0 Å². The first-order valence-corrected chi connectivity index (χ1v) is 4.93. The lowest BCUT2D eigenvalue weighted by Crippen LogP contribution is -2.34. The van der Waals surface area contributed by atoms with Crippen LogP contribution in [0.3, 0.4) is 0 Å². The van der Waals surface area contributed by atoms with Gasteiger partial charge in [-0.1, -0.05) is 18.2 Å². The Morgan fingerprint density at radius 3 is 2.44 bits per heavy atom. The van der Waals surface area contributed by atoms with E-state index in [1.807, 2.05) is 0 Å². The van der Waals surface area contributed by atoms with E-state index in [0.29, 0.717) is 0 Å². The van der Waals surface area contributed by atoms with Crippen LogP contribution < -0.4 is 0 Å². The molecule has 0 saturated carbocycles. The zero-order valence-corrected chi connectivity index (χ0v) is 9.08. The van der Waals surface area contributed by atoms with Crippen molar-refractivity contribution in [1.82, 2.24) is 0 Å². The largest absolute Gasteiger partial charge is 0.481 e. The van der Waals surface area contributed by atoms with Crippen molar-refractivity contribution >= 4 is 5.97 Å². The maximum absolute atomic E-state index is 13.1. The molecule has 1 aromatic carbocycles. The number of hydrogen-bond acceptors (Lipinski definition) is 2. The summed E-state index contributed by atoms with van der Waals surface area (Å²) in [5.41, 5.74) is 0.0730. The Kier molecular flexibility index (Phi) is 4.66. The Bertz CT molecular complexity index is 417. The highest BCUT2D eigenvalue weighted by atomic mass is 19.4. The van der Waals surface area contributed by atoms with Gasteiger partial charge in [-0.05, 0) is 6.07 Å². The molecule has 0 aliphatic rings. The van der Waals surface area contributed by atoms with E-state index in [9.17, 15) is 22.4 Å². The first-order valence-electron chi connectivity index (χ1n) is 4.93. The van der Waals surface area contributed by atoms with Crippen LogP contribution in [0.15, 0.2) is 24.3 Å². The van der Waals surface area contributed by atoms with Gasteiger partial charge in [-0.15, -0.1) is 0 Å². The maximum atomic E-state index is 13.1. The Hall–Kier alpha value is -1.63. The molecule has 1 rings (SSSR count). The molecule has 18 heavy (non-hydrogen) atoms. The number of aliphatic carboxylic acids is 1. The van der Waals surface area contributed by atoms with Crippen LogP contribution in [0.5, 0.6) is 0 Å². The SMILES string of the molecule is O=C(O)C(COCc1ccccc1F)C(F)(F)F. The maximum Gasteiger partial charge on any atom is 0.404 e. The predicted octanol–water partition coefficient (Wildman–Crippen LogP) is 2.61. The van der Waals surface area contributed by atoms with Crippen LogP contribution >= 0.6 is 0 Å². The smallest absolute Gasteiger partial charge is 0.404 e. The Morgan fingerprint density at radius 2 is 1.94 bits per heavy atom. The van der Waals surface area contributed by atoms with E-state index < -0.39 is 37.1 Å². The molecular formula is C11H10F4O3. The van der Waals surface area contributed by atoms with Gasteiger partial charge in [0.25, 0.3) is 0 Å². The topological polar surface area (TPSA) is 46.5 Å². The molecule has 0 aromatic heterocycles. The monoisotopic (exact) mass is 266 g/mol. The zero-order valence-electron chi connectivity index (χ0n) is 9.08. The van der Waals surface area contributed by atoms with Crippen molar-refractivity contribution in [2.45, 2.75) is 12.8 Å². The second kappa shape index (κ2) is 5.81. The Morgan fingerprint density at radius 1 is 1.33 bits per heavy atom. The fraction of sp³-hybridized carbons (Fsp3) is 0.364. The minimum atomic E-state index is -4.89. The lowest BCUT2D eigenvalue weighted by Gasteiger charge is -2.16. The molecule has 100 valence electrons.